The minimum Gasteiger partial charge on any atom is -0.311 e. The minimum atomic E-state index is 0.256. The lowest BCUT2D eigenvalue weighted by Gasteiger charge is -2.49. The molecule has 17 heavy (non-hydrogen) atoms. The molecule has 0 aromatic carbocycles. The highest BCUT2D eigenvalue weighted by Crippen LogP contribution is 2.25. The van der Waals surface area contributed by atoms with Crippen LogP contribution in [-0.2, 0) is 0 Å². The second-order valence-corrected chi connectivity index (χ2v) is 6.14. The summed E-state index contributed by atoms with van der Waals surface area (Å²) in [4.78, 5) is 2.59. The van der Waals surface area contributed by atoms with Crippen LogP contribution in [0, 0.1) is 5.92 Å². The van der Waals surface area contributed by atoms with E-state index in [2.05, 4.69) is 44.8 Å². The first-order valence-electron chi connectivity index (χ1n) is 6.67. The number of nitrogens with one attached hydrogen (secondary N) is 1. The highest BCUT2D eigenvalue weighted by Gasteiger charge is 2.36. The first-order chi connectivity index (χ1) is 7.92. The maximum atomic E-state index is 5.80. The molecule has 0 aliphatic carbocycles. The number of rotatable bonds is 4. The molecule has 0 amide bonds. The molecule has 0 aromatic rings. The van der Waals surface area contributed by atoms with Gasteiger partial charge in [0.1, 0.15) is 0 Å². The Hall–Kier alpha value is -0.0500. The van der Waals surface area contributed by atoms with E-state index in [-0.39, 0.29) is 5.54 Å². The molecule has 0 radical (unpaired) electrons. The van der Waals surface area contributed by atoms with Gasteiger partial charge in [0.2, 0.25) is 0 Å². The molecular formula is C14H27ClN2. The van der Waals surface area contributed by atoms with Crippen molar-refractivity contribution in [3.63, 3.8) is 0 Å². The summed E-state index contributed by atoms with van der Waals surface area (Å²) in [6, 6.07) is 0.595. The van der Waals surface area contributed by atoms with E-state index < -0.39 is 0 Å². The fourth-order valence-corrected chi connectivity index (χ4v) is 2.44. The maximum Gasteiger partial charge on any atom is 0.0307 e. The molecule has 0 saturated carbocycles. The number of hydrogen-bond acceptors (Lipinski definition) is 2. The highest BCUT2D eigenvalue weighted by molar-refractivity contribution is 6.25. The Morgan fingerprint density at radius 1 is 1.59 bits per heavy atom. The second kappa shape index (κ2) is 6.21. The van der Waals surface area contributed by atoms with Gasteiger partial charge in [0.25, 0.3) is 0 Å². The van der Waals surface area contributed by atoms with Gasteiger partial charge >= 0.3 is 0 Å². The lowest BCUT2D eigenvalue weighted by Crippen LogP contribution is -2.64. The summed E-state index contributed by atoms with van der Waals surface area (Å²) >= 11 is 5.80. The van der Waals surface area contributed by atoms with Crippen LogP contribution in [0.3, 0.4) is 0 Å². The number of nitrogens with zero attached hydrogens (tertiary/aromatic N) is 1. The van der Waals surface area contributed by atoms with Gasteiger partial charge < -0.3 is 5.32 Å². The Morgan fingerprint density at radius 3 is 2.71 bits per heavy atom. The molecule has 1 heterocycles. The summed E-state index contributed by atoms with van der Waals surface area (Å²) in [5, 5.41) is 3.69. The van der Waals surface area contributed by atoms with Crippen molar-refractivity contribution >= 4 is 11.6 Å². The first kappa shape index (κ1) is 15.0. The Kier molecular flexibility index (Phi) is 5.49. The van der Waals surface area contributed by atoms with Gasteiger partial charge in [-0.3, -0.25) is 4.90 Å². The molecule has 1 rings (SSSR count). The Balaban J connectivity index is 2.76. The first-order valence-corrected chi connectivity index (χ1v) is 7.11. The Labute approximate surface area is 111 Å². The van der Waals surface area contributed by atoms with Crippen LogP contribution in [0.5, 0.6) is 0 Å². The van der Waals surface area contributed by atoms with Gasteiger partial charge in [-0.25, -0.2) is 0 Å². The number of halogens is 1. The van der Waals surface area contributed by atoms with E-state index in [0.29, 0.717) is 12.0 Å². The molecule has 1 aliphatic heterocycles. The predicted octanol–water partition coefficient (Wildman–Crippen LogP) is 3.23. The summed E-state index contributed by atoms with van der Waals surface area (Å²) in [6.45, 7) is 14.5. The summed E-state index contributed by atoms with van der Waals surface area (Å²) in [5.74, 6) is 0.680. The standard InChI is InChI=1S/C14H27ClN2/c1-6-14(5)10-16-13(11(2)3)9-17(14)8-12(4)7-15/h7,11,13,16H,6,8-10H2,1-5H3. The van der Waals surface area contributed by atoms with Crippen LogP contribution in [-0.4, -0.2) is 36.1 Å². The fourth-order valence-electron chi connectivity index (χ4n) is 2.37. The zero-order valence-electron chi connectivity index (χ0n) is 11.9. The Bertz CT molecular complexity index is 275. The third-order valence-corrected chi connectivity index (χ3v) is 4.49. The van der Waals surface area contributed by atoms with Crippen LogP contribution in [0.4, 0.5) is 0 Å². The van der Waals surface area contributed by atoms with Crippen molar-refractivity contribution in [2.75, 3.05) is 19.6 Å². The molecule has 2 atom stereocenters. The monoisotopic (exact) mass is 258 g/mol. The topological polar surface area (TPSA) is 15.3 Å². The van der Waals surface area contributed by atoms with Gasteiger partial charge in [0.05, 0.1) is 0 Å². The SMILES string of the molecule is CCC1(C)CNC(C(C)C)CN1CC(C)=CCl. The van der Waals surface area contributed by atoms with Crippen molar-refractivity contribution in [2.45, 2.75) is 52.6 Å². The van der Waals surface area contributed by atoms with E-state index in [4.69, 9.17) is 11.6 Å². The van der Waals surface area contributed by atoms with Crippen molar-refractivity contribution < 1.29 is 0 Å². The third-order valence-electron chi connectivity index (χ3n) is 4.12. The van der Waals surface area contributed by atoms with E-state index in [0.717, 1.165) is 19.6 Å². The zero-order valence-corrected chi connectivity index (χ0v) is 12.6. The smallest absolute Gasteiger partial charge is 0.0307 e. The molecule has 100 valence electrons. The summed E-state index contributed by atoms with van der Waals surface area (Å²) in [6.07, 6.45) is 1.17. The normalized spacial score (nSPS) is 32.2. The zero-order chi connectivity index (χ0) is 13.1. The van der Waals surface area contributed by atoms with Crippen molar-refractivity contribution in [2.24, 2.45) is 5.92 Å². The fraction of sp³-hybridized carbons (Fsp3) is 0.857. The molecule has 2 unspecified atom stereocenters. The van der Waals surface area contributed by atoms with E-state index >= 15 is 0 Å². The van der Waals surface area contributed by atoms with Crippen LogP contribution in [0.1, 0.15) is 41.0 Å². The van der Waals surface area contributed by atoms with Gasteiger partial charge in [0, 0.05) is 36.8 Å². The van der Waals surface area contributed by atoms with Crippen molar-refractivity contribution in [3.8, 4) is 0 Å². The molecule has 0 spiro atoms. The van der Waals surface area contributed by atoms with Crippen LogP contribution < -0.4 is 5.32 Å². The maximum absolute atomic E-state index is 5.80. The summed E-state index contributed by atoms with van der Waals surface area (Å²) in [5.41, 5.74) is 3.21. The largest absolute Gasteiger partial charge is 0.311 e. The van der Waals surface area contributed by atoms with E-state index in [1.165, 1.54) is 12.0 Å². The van der Waals surface area contributed by atoms with Crippen molar-refractivity contribution in [1.29, 1.82) is 0 Å². The minimum absolute atomic E-state index is 0.256. The van der Waals surface area contributed by atoms with Gasteiger partial charge in [0.15, 0.2) is 0 Å². The molecule has 1 fully saturated rings. The van der Waals surface area contributed by atoms with Crippen LogP contribution in [0.2, 0.25) is 0 Å². The molecule has 1 saturated heterocycles. The average molecular weight is 259 g/mol. The molecule has 0 aromatic heterocycles. The lowest BCUT2D eigenvalue weighted by molar-refractivity contribution is 0.0472. The third kappa shape index (κ3) is 3.70. The molecule has 3 heteroatoms. The van der Waals surface area contributed by atoms with Crippen molar-refractivity contribution in [1.82, 2.24) is 10.2 Å². The molecule has 1 aliphatic rings. The van der Waals surface area contributed by atoms with E-state index in [1.807, 2.05) is 0 Å². The van der Waals surface area contributed by atoms with Crippen LogP contribution >= 0.6 is 11.6 Å². The van der Waals surface area contributed by atoms with Crippen LogP contribution in [0.15, 0.2) is 11.1 Å². The van der Waals surface area contributed by atoms with E-state index in [9.17, 15) is 0 Å². The van der Waals surface area contributed by atoms with Gasteiger partial charge in [-0.05, 0) is 31.8 Å². The summed E-state index contributed by atoms with van der Waals surface area (Å²) in [7, 11) is 0. The van der Waals surface area contributed by atoms with E-state index in [1.54, 1.807) is 5.54 Å². The molecule has 0 bridgehead atoms. The van der Waals surface area contributed by atoms with Gasteiger partial charge in [-0.2, -0.15) is 0 Å². The van der Waals surface area contributed by atoms with Gasteiger partial charge in [-0.15, -0.1) is 0 Å². The molecule has 1 N–H and O–H groups in total. The highest BCUT2D eigenvalue weighted by atomic mass is 35.5. The molecule has 2 nitrogen and oxygen atoms in total. The van der Waals surface area contributed by atoms with Crippen molar-refractivity contribution in [3.05, 3.63) is 11.1 Å². The quantitative estimate of drug-likeness (QED) is 0.833. The van der Waals surface area contributed by atoms with Crippen LogP contribution in [0.25, 0.3) is 0 Å². The molecular weight excluding hydrogens is 232 g/mol. The predicted molar refractivity (Wildman–Crippen MR) is 76.5 cm³/mol. The second-order valence-electron chi connectivity index (χ2n) is 5.92. The summed E-state index contributed by atoms with van der Waals surface area (Å²) < 4.78 is 0. The van der Waals surface area contributed by atoms with Gasteiger partial charge in [-0.1, -0.05) is 32.4 Å². The average Bonchev–Trinajstić information content (AvgIpc) is 2.31. The Morgan fingerprint density at radius 2 is 2.24 bits per heavy atom. The number of hydrogen-bond donors (Lipinski definition) is 1. The lowest BCUT2D eigenvalue weighted by atomic mass is 9.89. The number of piperazine rings is 1.